The highest BCUT2D eigenvalue weighted by Gasteiger charge is 2.44. The third-order valence-corrected chi connectivity index (χ3v) is 9.61. The quantitative estimate of drug-likeness (QED) is 0.226. The van der Waals surface area contributed by atoms with Crippen LogP contribution in [0.4, 0.5) is 5.69 Å². The second kappa shape index (κ2) is 14.0. The molecule has 2 heterocycles. The van der Waals surface area contributed by atoms with E-state index >= 15 is 0 Å². The SMILES string of the molecule is CCOC(=O)c1ccc(NC(=O)[C@@H]2C[C@H](N3CCN(S(C)(=O)=O)CC3)CN2C(=O)[C@H]2CC[C@H](C(=N)N)CC2)cc1.Cl. The Kier molecular flexibility index (Phi) is 11.1. The number of carbonyl (C=O) groups is 3. The topological polar surface area (TPSA) is 166 Å². The first-order valence-corrected chi connectivity index (χ1v) is 15.7. The van der Waals surface area contributed by atoms with E-state index in [0.29, 0.717) is 76.1 Å². The first-order valence-electron chi connectivity index (χ1n) is 13.9. The lowest BCUT2D eigenvalue weighted by atomic mass is 9.80. The van der Waals surface area contributed by atoms with Crippen LogP contribution >= 0.6 is 12.4 Å². The van der Waals surface area contributed by atoms with Crippen LogP contribution in [0.25, 0.3) is 0 Å². The maximum Gasteiger partial charge on any atom is 0.338 e. The Bertz CT molecular complexity index is 1210. The van der Waals surface area contributed by atoms with Crippen molar-refractivity contribution in [2.75, 3.05) is 50.9 Å². The molecule has 2 saturated heterocycles. The number of carbonyl (C=O) groups excluding carboxylic acids is 3. The molecule has 14 heteroatoms. The molecular weight excluding hydrogens is 572 g/mol. The maximum atomic E-state index is 13.7. The number of esters is 1. The number of anilines is 1. The van der Waals surface area contributed by atoms with Crippen LogP contribution in [0, 0.1) is 17.2 Å². The number of rotatable bonds is 8. The highest BCUT2D eigenvalue weighted by Crippen LogP contribution is 2.33. The summed E-state index contributed by atoms with van der Waals surface area (Å²) in [7, 11) is -3.27. The largest absolute Gasteiger partial charge is 0.462 e. The molecule has 4 N–H and O–H groups in total. The molecule has 1 aromatic rings. The van der Waals surface area contributed by atoms with E-state index in [0.717, 1.165) is 0 Å². The maximum absolute atomic E-state index is 13.7. The number of hydrogen-bond donors (Lipinski definition) is 3. The van der Waals surface area contributed by atoms with E-state index < -0.39 is 22.0 Å². The number of ether oxygens (including phenoxy) is 1. The van der Waals surface area contributed by atoms with Crippen LogP contribution in [0.3, 0.4) is 0 Å². The van der Waals surface area contributed by atoms with Gasteiger partial charge < -0.3 is 20.7 Å². The summed E-state index contributed by atoms with van der Waals surface area (Å²) < 4.78 is 30.4. The third kappa shape index (κ3) is 7.97. The van der Waals surface area contributed by atoms with Gasteiger partial charge in [0, 0.05) is 56.3 Å². The van der Waals surface area contributed by atoms with Gasteiger partial charge in [0.2, 0.25) is 21.8 Å². The Balaban J connectivity index is 0.00000462. The molecule has 0 spiro atoms. The molecule has 0 aromatic heterocycles. The third-order valence-electron chi connectivity index (χ3n) is 8.30. The van der Waals surface area contributed by atoms with Crippen molar-refractivity contribution in [1.29, 1.82) is 5.41 Å². The van der Waals surface area contributed by atoms with Gasteiger partial charge in [0.25, 0.3) is 0 Å². The van der Waals surface area contributed by atoms with Gasteiger partial charge in [0.15, 0.2) is 0 Å². The second-order valence-corrected chi connectivity index (χ2v) is 12.9. The minimum absolute atomic E-state index is 0. The van der Waals surface area contributed by atoms with Crippen LogP contribution in [0.1, 0.15) is 49.4 Å². The Morgan fingerprint density at radius 2 is 1.61 bits per heavy atom. The standard InChI is InChI=1S/C27H40N6O6S.ClH/c1-3-39-27(36)20-8-10-21(11-9-20)30-25(34)23-16-22(31-12-14-32(15-13-31)40(2,37)38)17-33(23)26(35)19-6-4-18(5-7-19)24(28)29;/h8-11,18-19,22-23H,3-7,12-17H2,1-2H3,(H3,28,29)(H,30,34);1H/t18-,19-,22-,23-;/m0./s1. The number of halogens is 1. The molecule has 3 fully saturated rings. The number of piperazine rings is 1. The predicted octanol–water partition coefficient (Wildman–Crippen LogP) is 1.51. The van der Waals surface area contributed by atoms with E-state index in [4.69, 9.17) is 15.9 Å². The molecule has 0 radical (unpaired) electrons. The molecule has 41 heavy (non-hydrogen) atoms. The Labute approximate surface area is 247 Å². The van der Waals surface area contributed by atoms with Crippen molar-refractivity contribution >= 4 is 51.7 Å². The van der Waals surface area contributed by atoms with Crippen LogP contribution in [0.2, 0.25) is 0 Å². The average molecular weight is 613 g/mol. The highest BCUT2D eigenvalue weighted by atomic mass is 35.5. The van der Waals surface area contributed by atoms with Crippen LogP contribution in [0.5, 0.6) is 0 Å². The van der Waals surface area contributed by atoms with Crippen molar-refractivity contribution in [2.45, 2.75) is 51.1 Å². The summed E-state index contributed by atoms with van der Waals surface area (Å²) in [5, 5.41) is 10.6. The lowest BCUT2D eigenvalue weighted by Gasteiger charge is -2.37. The lowest BCUT2D eigenvalue weighted by molar-refractivity contribution is -0.141. The van der Waals surface area contributed by atoms with Crippen LogP contribution < -0.4 is 11.1 Å². The Morgan fingerprint density at radius 1 is 1.02 bits per heavy atom. The molecule has 4 rings (SSSR count). The first kappa shape index (κ1) is 32.8. The van der Waals surface area contributed by atoms with Gasteiger partial charge in [0.1, 0.15) is 6.04 Å². The van der Waals surface area contributed by atoms with E-state index in [9.17, 15) is 22.8 Å². The number of sulfonamides is 1. The summed E-state index contributed by atoms with van der Waals surface area (Å²) >= 11 is 0. The van der Waals surface area contributed by atoms with Crippen molar-refractivity contribution < 1.29 is 27.5 Å². The van der Waals surface area contributed by atoms with Crippen molar-refractivity contribution in [3.8, 4) is 0 Å². The molecule has 1 saturated carbocycles. The number of nitrogens with one attached hydrogen (secondary N) is 2. The zero-order valence-corrected chi connectivity index (χ0v) is 25.2. The van der Waals surface area contributed by atoms with Crippen molar-refractivity contribution in [1.82, 2.24) is 14.1 Å². The fourth-order valence-corrected chi connectivity index (χ4v) is 6.81. The summed E-state index contributed by atoms with van der Waals surface area (Å²) in [6.45, 7) is 4.22. The highest BCUT2D eigenvalue weighted by molar-refractivity contribution is 7.88. The van der Waals surface area contributed by atoms with Crippen molar-refractivity contribution in [3.05, 3.63) is 29.8 Å². The molecular formula is C27H41ClN6O6S. The number of benzene rings is 1. The molecule has 1 aliphatic carbocycles. The molecule has 228 valence electrons. The van der Waals surface area contributed by atoms with E-state index in [1.54, 1.807) is 36.1 Å². The van der Waals surface area contributed by atoms with Gasteiger partial charge in [-0.25, -0.2) is 13.2 Å². The van der Waals surface area contributed by atoms with Gasteiger partial charge in [-0.1, -0.05) is 0 Å². The zero-order valence-electron chi connectivity index (χ0n) is 23.6. The summed E-state index contributed by atoms with van der Waals surface area (Å²) in [5.74, 6) is -0.865. The molecule has 0 unspecified atom stereocenters. The average Bonchev–Trinajstić information content (AvgIpc) is 3.38. The van der Waals surface area contributed by atoms with E-state index in [1.165, 1.54) is 10.6 Å². The van der Waals surface area contributed by atoms with Crippen LogP contribution in [0.15, 0.2) is 24.3 Å². The van der Waals surface area contributed by atoms with Gasteiger partial charge in [-0.3, -0.25) is 19.9 Å². The van der Waals surface area contributed by atoms with E-state index in [-0.39, 0.29) is 54.5 Å². The number of amidine groups is 1. The number of hydrogen-bond acceptors (Lipinski definition) is 8. The normalized spacial score (nSPS) is 25.7. The molecule has 3 aliphatic rings. The number of likely N-dealkylation sites (tertiary alicyclic amines) is 1. The fourth-order valence-electron chi connectivity index (χ4n) is 5.99. The molecule has 2 aliphatic heterocycles. The second-order valence-electron chi connectivity index (χ2n) is 10.9. The fraction of sp³-hybridized carbons (Fsp3) is 0.630. The van der Waals surface area contributed by atoms with Crippen LogP contribution in [-0.2, 0) is 24.3 Å². The van der Waals surface area contributed by atoms with Gasteiger partial charge in [0.05, 0.1) is 24.3 Å². The first-order chi connectivity index (χ1) is 19.0. The summed E-state index contributed by atoms with van der Waals surface area (Å²) in [5.41, 5.74) is 6.58. The summed E-state index contributed by atoms with van der Waals surface area (Å²) in [6, 6.07) is 5.69. The van der Waals surface area contributed by atoms with Crippen LogP contribution in [-0.4, -0.2) is 104 Å². The predicted molar refractivity (Wildman–Crippen MR) is 158 cm³/mol. The molecule has 1 aromatic carbocycles. The van der Waals surface area contributed by atoms with Crippen molar-refractivity contribution in [3.63, 3.8) is 0 Å². The molecule has 12 nitrogen and oxygen atoms in total. The number of amides is 2. The summed E-state index contributed by atoms with van der Waals surface area (Å²) in [4.78, 5) is 43.1. The minimum Gasteiger partial charge on any atom is -0.462 e. The number of nitrogens with two attached hydrogens (primary N) is 1. The lowest BCUT2D eigenvalue weighted by Crippen LogP contribution is -2.52. The molecule has 2 atom stereocenters. The smallest absolute Gasteiger partial charge is 0.338 e. The van der Waals surface area contributed by atoms with Gasteiger partial charge >= 0.3 is 5.97 Å². The Morgan fingerprint density at radius 3 is 2.15 bits per heavy atom. The van der Waals surface area contributed by atoms with Gasteiger partial charge in [-0.15, -0.1) is 12.4 Å². The van der Waals surface area contributed by atoms with E-state index in [1.807, 2.05) is 0 Å². The monoisotopic (exact) mass is 612 g/mol. The van der Waals surface area contributed by atoms with Gasteiger partial charge in [-0.05, 0) is 63.3 Å². The Hall–Kier alpha value is -2.74. The molecule has 0 bridgehead atoms. The summed E-state index contributed by atoms with van der Waals surface area (Å²) in [6.07, 6.45) is 4.27. The minimum atomic E-state index is -3.27. The van der Waals surface area contributed by atoms with E-state index in [2.05, 4.69) is 10.2 Å². The van der Waals surface area contributed by atoms with Crippen molar-refractivity contribution in [2.24, 2.45) is 17.6 Å². The molecule has 2 amide bonds. The number of nitrogens with zero attached hydrogens (tertiary/aromatic N) is 3. The van der Waals surface area contributed by atoms with Gasteiger partial charge in [-0.2, -0.15) is 4.31 Å². The zero-order chi connectivity index (χ0) is 29.0.